The summed E-state index contributed by atoms with van der Waals surface area (Å²) in [6, 6.07) is 28.0. The topological polar surface area (TPSA) is 130 Å². The molecule has 0 heterocycles. The third-order valence-electron chi connectivity index (χ3n) is 7.48. The number of hydrogen-bond donors (Lipinski definition) is 1. The average Bonchev–Trinajstić information content (AvgIpc) is 3.06. The fourth-order valence-corrected chi connectivity index (χ4v) is 6.48. The van der Waals surface area contributed by atoms with Gasteiger partial charge in [0.05, 0.1) is 15.5 Å². The van der Waals surface area contributed by atoms with Crippen molar-refractivity contribution in [1.29, 1.82) is 0 Å². The lowest BCUT2D eigenvalue weighted by Gasteiger charge is -2.34. The lowest BCUT2D eigenvalue weighted by atomic mass is 10.0. The van der Waals surface area contributed by atoms with Crippen LogP contribution in [-0.4, -0.2) is 48.7 Å². The molecule has 12 heteroatoms. The largest absolute Gasteiger partial charge is 0.352 e. The molecule has 0 fully saturated rings. The minimum absolute atomic E-state index is 0.00566. The molecule has 4 aromatic carbocycles. The van der Waals surface area contributed by atoms with Gasteiger partial charge in [0.2, 0.25) is 11.8 Å². The number of hydrogen-bond acceptors (Lipinski definition) is 6. The van der Waals surface area contributed by atoms with Crippen molar-refractivity contribution in [3.63, 3.8) is 0 Å². The van der Waals surface area contributed by atoms with Gasteiger partial charge in [0.25, 0.3) is 15.7 Å². The Morgan fingerprint density at radius 2 is 1.52 bits per heavy atom. The van der Waals surface area contributed by atoms with Gasteiger partial charge >= 0.3 is 0 Å². The molecule has 46 heavy (non-hydrogen) atoms. The molecule has 10 nitrogen and oxygen atoms in total. The molecule has 4 aromatic rings. The summed E-state index contributed by atoms with van der Waals surface area (Å²) < 4.78 is 29.8. The SMILES string of the molecule is CCC(C)NC(=O)C(Cc1ccccc1)N(Cc1ccc(Br)cc1)C(=O)CN(c1cccc([N+](=O)[O-])c1)S(=O)(=O)c1ccccc1. The van der Waals surface area contributed by atoms with Crippen molar-refractivity contribution in [2.45, 2.75) is 50.2 Å². The molecule has 0 aliphatic carbocycles. The predicted octanol–water partition coefficient (Wildman–Crippen LogP) is 6.11. The normalized spacial score (nSPS) is 12.5. The number of nitrogens with one attached hydrogen (secondary N) is 1. The van der Waals surface area contributed by atoms with E-state index >= 15 is 0 Å². The molecule has 240 valence electrons. The van der Waals surface area contributed by atoms with Crippen molar-refractivity contribution in [3.05, 3.63) is 135 Å². The molecule has 2 amide bonds. The zero-order valence-corrected chi connectivity index (χ0v) is 27.9. The Kier molecular flexibility index (Phi) is 11.7. The van der Waals surface area contributed by atoms with Gasteiger partial charge in [-0.05, 0) is 54.8 Å². The van der Waals surface area contributed by atoms with Crippen LogP contribution in [0.5, 0.6) is 0 Å². The smallest absolute Gasteiger partial charge is 0.271 e. The zero-order chi connectivity index (χ0) is 33.3. The molecule has 2 atom stereocenters. The first kappa shape index (κ1) is 34.3. The summed E-state index contributed by atoms with van der Waals surface area (Å²) in [5.74, 6) is -1.04. The number of halogens is 1. The highest BCUT2D eigenvalue weighted by molar-refractivity contribution is 9.10. The third-order valence-corrected chi connectivity index (χ3v) is 9.79. The second-order valence-electron chi connectivity index (χ2n) is 10.8. The van der Waals surface area contributed by atoms with E-state index in [9.17, 15) is 28.1 Å². The van der Waals surface area contributed by atoms with Crippen LogP contribution in [0, 0.1) is 10.1 Å². The van der Waals surface area contributed by atoms with Gasteiger partial charge in [0, 0.05) is 35.6 Å². The highest BCUT2D eigenvalue weighted by atomic mass is 79.9. The Hall–Kier alpha value is -4.55. The van der Waals surface area contributed by atoms with E-state index < -0.39 is 33.4 Å². The van der Waals surface area contributed by atoms with E-state index in [1.807, 2.05) is 68.4 Å². The Morgan fingerprint density at radius 1 is 0.891 bits per heavy atom. The van der Waals surface area contributed by atoms with Crippen molar-refractivity contribution in [2.75, 3.05) is 10.8 Å². The van der Waals surface area contributed by atoms with Crippen LogP contribution in [0.3, 0.4) is 0 Å². The molecular weight excluding hydrogens is 672 g/mol. The average molecular weight is 708 g/mol. The maximum Gasteiger partial charge on any atom is 0.271 e. The number of non-ortho nitro benzene ring substituents is 1. The minimum Gasteiger partial charge on any atom is -0.352 e. The van der Waals surface area contributed by atoms with E-state index in [0.29, 0.717) is 6.42 Å². The fourth-order valence-electron chi connectivity index (χ4n) is 4.79. The summed E-state index contributed by atoms with van der Waals surface area (Å²) >= 11 is 3.42. The number of nitro benzene ring substituents is 1. The Bertz CT molecular complexity index is 1760. The lowest BCUT2D eigenvalue weighted by Crippen LogP contribution is -2.54. The van der Waals surface area contributed by atoms with Gasteiger partial charge in [0.15, 0.2) is 0 Å². The molecule has 1 N–H and O–H groups in total. The third kappa shape index (κ3) is 8.79. The van der Waals surface area contributed by atoms with Crippen LogP contribution in [-0.2, 0) is 32.6 Å². The first-order valence-corrected chi connectivity index (χ1v) is 16.9. The molecule has 0 radical (unpaired) electrons. The zero-order valence-electron chi connectivity index (χ0n) is 25.5. The Labute approximate surface area is 277 Å². The standard InChI is InChI=1S/C34H35BrN4O6S/c1-3-25(2)36-34(41)32(21-26-11-6-4-7-12-26)37(23-27-17-19-28(35)20-18-27)33(40)24-38(29-13-10-14-30(22-29)39(42)43)46(44,45)31-15-8-5-9-16-31/h4-20,22,25,32H,3,21,23-24H2,1-2H3,(H,36,41). The summed E-state index contributed by atoms with van der Waals surface area (Å²) in [6.07, 6.45) is 0.841. The number of sulfonamides is 1. The predicted molar refractivity (Wildman–Crippen MR) is 181 cm³/mol. The van der Waals surface area contributed by atoms with Gasteiger partial charge < -0.3 is 10.2 Å². The highest BCUT2D eigenvalue weighted by Gasteiger charge is 2.35. The maximum absolute atomic E-state index is 14.5. The van der Waals surface area contributed by atoms with E-state index in [4.69, 9.17) is 0 Å². The quantitative estimate of drug-likeness (QED) is 0.124. The molecule has 0 spiro atoms. The fraction of sp³-hybridized carbons (Fsp3) is 0.235. The number of carbonyl (C=O) groups excluding carboxylic acids is 2. The summed E-state index contributed by atoms with van der Waals surface area (Å²) in [6.45, 7) is 3.10. The first-order valence-electron chi connectivity index (χ1n) is 14.7. The summed E-state index contributed by atoms with van der Waals surface area (Å²) in [5, 5.41) is 14.6. The van der Waals surface area contributed by atoms with Crippen molar-refractivity contribution < 1.29 is 22.9 Å². The van der Waals surface area contributed by atoms with Crippen LogP contribution in [0.15, 0.2) is 119 Å². The van der Waals surface area contributed by atoms with Crippen LogP contribution in [0.25, 0.3) is 0 Å². The molecule has 4 rings (SSSR count). The molecule has 0 bridgehead atoms. The summed E-state index contributed by atoms with van der Waals surface area (Å²) in [4.78, 5) is 40.6. The van der Waals surface area contributed by atoms with Crippen molar-refractivity contribution in [2.24, 2.45) is 0 Å². The van der Waals surface area contributed by atoms with Gasteiger partial charge in [-0.3, -0.25) is 24.0 Å². The number of nitrogens with zero attached hydrogens (tertiary/aromatic N) is 3. The molecule has 0 aliphatic heterocycles. The molecule has 0 saturated heterocycles. The summed E-state index contributed by atoms with van der Waals surface area (Å²) in [7, 11) is -4.37. The van der Waals surface area contributed by atoms with Crippen LogP contribution in [0.1, 0.15) is 31.4 Å². The van der Waals surface area contributed by atoms with Crippen LogP contribution in [0.2, 0.25) is 0 Å². The monoisotopic (exact) mass is 706 g/mol. The second kappa shape index (κ2) is 15.6. The van der Waals surface area contributed by atoms with E-state index in [1.54, 1.807) is 18.2 Å². The Morgan fingerprint density at radius 3 is 2.13 bits per heavy atom. The summed E-state index contributed by atoms with van der Waals surface area (Å²) in [5.41, 5.74) is 1.14. The van der Waals surface area contributed by atoms with Crippen molar-refractivity contribution >= 4 is 49.1 Å². The highest BCUT2D eigenvalue weighted by Crippen LogP contribution is 2.28. The van der Waals surface area contributed by atoms with Gasteiger partial charge in [0.1, 0.15) is 12.6 Å². The minimum atomic E-state index is -4.37. The molecule has 2 unspecified atom stereocenters. The van der Waals surface area contributed by atoms with Crippen molar-refractivity contribution in [1.82, 2.24) is 10.2 Å². The number of benzene rings is 4. The second-order valence-corrected chi connectivity index (χ2v) is 13.6. The van der Waals surface area contributed by atoms with Gasteiger partial charge in [-0.2, -0.15) is 0 Å². The van der Waals surface area contributed by atoms with E-state index in [1.165, 1.54) is 35.2 Å². The van der Waals surface area contributed by atoms with E-state index in [2.05, 4.69) is 21.2 Å². The molecule has 0 aromatic heterocycles. The number of rotatable bonds is 14. The lowest BCUT2D eigenvalue weighted by molar-refractivity contribution is -0.384. The van der Waals surface area contributed by atoms with Gasteiger partial charge in [-0.25, -0.2) is 8.42 Å². The van der Waals surface area contributed by atoms with Gasteiger partial charge in [-0.15, -0.1) is 0 Å². The van der Waals surface area contributed by atoms with Crippen molar-refractivity contribution in [3.8, 4) is 0 Å². The van der Waals surface area contributed by atoms with Gasteiger partial charge in [-0.1, -0.05) is 89.6 Å². The maximum atomic E-state index is 14.5. The van der Waals surface area contributed by atoms with E-state index in [-0.39, 0.29) is 41.2 Å². The number of carbonyl (C=O) groups is 2. The Balaban J connectivity index is 1.83. The van der Waals surface area contributed by atoms with Crippen LogP contribution in [0.4, 0.5) is 11.4 Å². The number of amides is 2. The first-order chi connectivity index (χ1) is 22.0. The number of anilines is 1. The molecular formula is C34H35BrN4O6S. The van der Waals surface area contributed by atoms with E-state index in [0.717, 1.165) is 26.0 Å². The molecule has 0 saturated carbocycles. The van der Waals surface area contributed by atoms with Crippen LogP contribution >= 0.6 is 15.9 Å². The molecule has 0 aliphatic rings. The van der Waals surface area contributed by atoms with Crippen LogP contribution < -0.4 is 9.62 Å². The number of nitro groups is 1.